The number of carbonyl (C=O) groups is 1. The topological polar surface area (TPSA) is 86.2 Å². The summed E-state index contributed by atoms with van der Waals surface area (Å²) in [6, 6.07) is 23.3. The highest BCUT2D eigenvalue weighted by Crippen LogP contribution is 2.44. The largest absolute Gasteiger partial charge is 0.457 e. The van der Waals surface area contributed by atoms with Crippen molar-refractivity contribution in [3.8, 4) is 17.6 Å². The number of hydrogen-bond donors (Lipinski definition) is 3. The minimum atomic E-state index is -1.93. The van der Waals surface area contributed by atoms with Gasteiger partial charge in [-0.1, -0.05) is 77.3 Å². The van der Waals surface area contributed by atoms with E-state index in [1.54, 1.807) is 36.4 Å². The number of rotatable bonds is 4. The quantitative estimate of drug-likeness (QED) is 0.231. The Hall–Kier alpha value is -3.02. The molecule has 10 heteroatoms. The first-order valence-corrected chi connectivity index (χ1v) is 11.6. The van der Waals surface area contributed by atoms with Crippen LogP contribution in [-0.2, 0) is 4.79 Å². The molecule has 3 aromatic carbocycles. The van der Waals surface area contributed by atoms with Gasteiger partial charge in [-0.2, -0.15) is 5.26 Å². The maximum atomic E-state index is 13.5. The number of nitrogens with zero attached hydrogens (tertiary/aromatic N) is 1. The molecule has 3 aromatic rings. The summed E-state index contributed by atoms with van der Waals surface area (Å²) >= 11 is 23.9. The number of alkyl halides is 3. The number of nitrogens with one attached hydrogen (secondary N) is 3. The van der Waals surface area contributed by atoms with E-state index in [4.69, 9.17) is 57.0 Å². The van der Waals surface area contributed by atoms with Crippen LogP contribution in [0.5, 0.6) is 11.5 Å². The van der Waals surface area contributed by atoms with Crippen LogP contribution in [-0.4, -0.2) is 21.0 Å². The summed E-state index contributed by atoms with van der Waals surface area (Å²) in [6.07, 6.45) is -1.16. The molecule has 1 unspecified atom stereocenters. The molecule has 1 aliphatic heterocycles. The average molecular weight is 532 g/mol. The third-order valence-electron chi connectivity index (χ3n) is 5.08. The van der Waals surface area contributed by atoms with Gasteiger partial charge in [0.1, 0.15) is 17.7 Å². The van der Waals surface area contributed by atoms with Gasteiger partial charge in [0.15, 0.2) is 5.11 Å². The van der Waals surface area contributed by atoms with Gasteiger partial charge in [0, 0.05) is 16.8 Å². The van der Waals surface area contributed by atoms with Gasteiger partial charge in [0.25, 0.3) is 0 Å². The number of anilines is 1. The van der Waals surface area contributed by atoms with Gasteiger partial charge >= 0.3 is 0 Å². The molecule has 0 aromatic heterocycles. The van der Waals surface area contributed by atoms with Crippen LogP contribution in [0.1, 0.15) is 22.6 Å². The minimum Gasteiger partial charge on any atom is -0.457 e. The Morgan fingerprint density at radius 1 is 0.971 bits per heavy atom. The number of fused-ring (bicyclic) bond motifs is 2. The van der Waals surface area contributed by atoms with E-state index >= 15 is 0 Å². The Bertz CT molecular complexity index is 1240. The van der Waals surface area contributed by atoms with E-state index in [1.165, 1.54) is 0 Å². The second kappa shape index (κ2) is 10.1. The number of thiocarbonyl (C=S) groups is 1. The van der Waals surface area contributed by atoms with Crippen molar-refractivity contribution >= 4 is 63.7 Å². The van der Waals surface area contributed by atoms with E-state index < -0.39 is 21.8 Å². The molecule has 1 heterocycles. The van der Waals surface area contributed by atoms with Gasteiger partial charge in [-0.05, 0) is 42.5 Å². The molecule has 1 amide bonds. The lowest BCUT2D eigenvalue weighted by Crippen LogP contribution is -2.57. The summed E-state index contributed by atoms with van der Waals surface area (Å²) in [7, 11) is 0. The van der Waals surface area contributed by atoms with Crippen LogP contribution in [0.15, 0.2) is 72.8 Å². The first kappa shape index (κ1) is 24.1. The predicted octanol–water partition coefficient (Wildman–Crippen LogP) is 5.59. The summed E-state index contributed by atoms with van der Waals surface area (Å²) in [5.74, 6) is 0.0663. The van der Waals surface area contributed by atoms with Gasteiger partial charge in [0.2, 0.25) is 9.70 Å². The molecule has 0 bridgehead atoms. The normalized spacial score (nSPS) is 13.4. The zero-order valence-electron chi connectivity index (χ0n) is 17.4. The number of hydrogen-bond acceptors (Lipinski definition) is 4. The van der Waals surface area contributed by atoms with Crippen LogP contribution >= 0.6 is 47.0 Å². The van der Waals surface area contributed by atoms with Crippen molar-refractivity contribution < 1.29 is 9.53 Å². The molecule has 0 saturated carbocycles. The van der Waals surface area contributed by atoms with Crippen LogP contribution in [0, 0.1) is 11.3 Å². The first-order chi connectivity index (χ1) is 16.3. The fourth-order valence-corrected chi connectivity index (χ4v) is 4.15. The van der Waals surface area contributed by atoms with E-state index in [2.05, 4.69) is 22.0 Å². The van der Waals surface area contributed by atoms with E-state index in [-0.39, 0.29) is 5.11 Å². The number of halogens is 3. The summed E-state index contributed by atoms with van der Waals surface area (Å²) in [4.78, 5) is 13.5. The van der Waals surface area contributed by atoms with Crippen molar-refractivity contribution in [3.05, 3.63) is 89.5 Å². The minimum absolute atomic E-state index is 0.0968. The number of para-hydroxylation sites is 2. The second-order valence-electron chi connectivity index (χ2n) is 7.39. The molecule has 6 nitrogen and oxygen atoms in total. The smallest absolute Gasteiger partial charge is 0.234 e. The van der Waals surface area contributed by atoms with Crippen LogP contribution in [0.3, 0.4) is 0 Å². The van der Waals surface area contributed by atoms with E-state index in [9.17, 15) is 4.79 Å². The summed E-state index contributed by atoms with van der Waals surface area (Å²) in [5, 5.41) is 17.7. The van der Waals surface area contributed by atoms with Crippen molar-refractivity contribution in [2.75, 3.05) is 5.32 Å². The Morgan fingerprint density at radius 2 is 1.59 bits per heavy atom. The molecule has 0 spiro atoms. The van der Waals surface area contributed by atoms with Gasteiger partial charge < -0.3 is 20.7 Å². The molecule has 3 N–H and O–H groups in total. The van der Waals surface area contributed by atoms with Gasteiger partial charge in [-0.25, -0.2) is 0 Å². The fourth-order valence-electron chi connectivity index (χ4n) is 3.58. The number of carbonyl (C=O) groups excluding carboxylic acids is 1. The number of benzene rings is 3. The van der Waals surface area contributed by atoms with Crippen LogP contribution in [0.4, 0.5) is 5.69 Å². The molecular weight excluding hydrogens is 515 g/mol. The number of nitriles is 1. The van der Waals surface area contributed by atoms with Gasteiger partial charge in [-0.15, -0.1) is 0 Å². The Labute approximate surface area is 216 Å². The van der Waals surface area contributed by atoms with Crippen molar-refractivity contribution in [3.63, 3.8) is 0 Å². The summed E-state index contributed by atoms with van der Waals surface area (Å²) in [5.41, 5.74) is 2.40. The van der Waals surface area contributed by atoms with E-state index in [0.717, 1.165) is 0 Å². The molecule has 172 valence electrons. The fraction of sp³-hybridized carbons (Fsp3) is 0.125. The molecule has 1 aliphatic rings. The second-order valence-corrected chi connectivity index (χ2v) is 10.2. The summed E-state index contributed by atoms with van der Waals surface area (Å²) in [6.45, 7) is 0. The maximum Gasteiger partial charge on any atom is 0.234 e. The predicted molar refractivity (Wildman–Crippen MR) is 138 cm³/mol. The van der Waals surface area contributed by atoms with E-state index in [0.29, 0.717) is 33.9 Å². The molecule has 1 atom stereocenters. The molecule has 4 rings (SSSR count). The van der Waals surface area contributed by atoms with Crippen molar-refractivity contribution in [2.45, 2.75) is 15.9 Å². The highest BCUT2D eigenvalue weighted by atomic mass is 35.6. The lowest BCUT2D eigenvalue weighted by Gasteiger charge is -2.32. The SMILES string of the molecule is N#Cc1cccc(NC(=S)NC(NC(=O)C2c3ccccc3Oc3ccccc32)C(Cl)(Cl)Cl)c1. The molecule has 34 heavy (non-hydrogen) atoms. The first-order valence-electron chi connectivity index (χ1n) is 10.1. The lowest BCUT2D eigenvalue weighted by molar-refractivity contribution is -0.122. The van der Waals surface area contributed by atoms with Gasteiger partial charge in [-0.3, -0.25) is 4.79 Å². The molecule has 0 aliphatic carbocycles. The number of ether oxygens (including phenoxy) is 1. The third kappa shape index (κ3) is 5.37. The standard InChI is InChI=1S/C24H17Cl3N4O2S/c25-24(26,27)22(31-23(34)29-15-7-5-6-14(12-15)13-28)30-21(32)20-16-8-1-3-10-18(16)33-19-11-4-2-9-17(19)20/h1-12,20,22H,(H,30,32)(H2,29,31,34). The Morgan fingerprint density at radius 3 is 2.18 bits per heavy atom. The molecular formula is C24H17Cl3N4O2S. The van der Waals surface area contributed by atoms with Crippen molar-refractivity contribution in [1.82, 2.24) is 10.6 Å². The van der Waals surface area contributed by atoms with Crippen LogP contribution in [0.25, 0.3) is 0 Å². The van der Waals surface area contributed by atoms with E-state index in [1.807, 2.05) is 36.4 Å². The van der Waals surface area contributed by atoms with Crippen molar-refractivity contribution in [1.29, 1.82) is 5.26 Å². The highest BCUT2D eigenvalue weighted by molar-refractivity contribution is 7.80. The van der Waals surface area contributed by atoms with Crippen LogP contribution < -0.4 is 20.7 Å². The summed E-state index contributed by atoms with van der Waals surface area (Å²) < 4.78 is 4.02. The highest BCUT2D eigenvalue weighted by Gasteiger charge is 2.39. The number of amides is 1. The van der Waals surface area contributed by atoms with Crippen LogP contribution in [0.2, 0.25) is 0 Å². The third-order valence-corrected chi connectivity index (χ3v) is 5.96. The zero-order chi connectivity index (χ0) is 24.3. The Kier molecular flexibility index (Phi) is 7.15. The Balaban J connectivity index is 1.56. The monoisotopic (exact) mass is 530 g/mol. The molecule has 0 fully saturated rings. The van der Waals surface area contributed by atoms with Crippen molar-refractivity contribution in [2.24, 2.45) is 0 Å². The average Bonchev–Trinajstić information content (AvgIpc) is 2.81. The lowest BCUT2D eigenvalue weighted by atomic mass is 9.87. The van der Waals surface area contributed by atoms with Gasteiger partial charge in [0.05, 0.1) is 17.6 Å². The molecule has 0 saturated heterocycles. The maximum absolute atomic E-state index is 13.5. The zero-order valence-corrected chi connectivity index (χ0v) is 20.5. The molecule has 0 radical (unpaired) electrons.